The van der Waals surface area contributed by atoms with Gasteiger partial charge in [-0.15, -0.1) is 0 Å². The van der Waals surface area contributed by atoms with Crippen LogP contribution in [0.1, 0.15) is 28.8 Å². The van der Waals surface area contributed by atoms with Crippen molar-refractivity contribution in [2.75, 3.05) is 50.8 Å². The summed E-state index contributed by atoms with van der Waals surface area (Å²) in [6.07, 6.45) is 0.995. The van der Waals surface area contributed by atoms with Crippen LogP contribution >= 0.6 is 0 Å². The number of rotatable bonds is 5. The quantitative estimate of drug-likeness (QED) is 0.754. The summed E-state index contributed by atoms with van der Waals surface area (Å²) in [5.41, 5.74) is 2.24. The number of carbonyl (C=O) groups is 2. The molecule has 4 rings (SSSR count). The highest BCUT2D eigenvalue weighted by Gasteiger charge is 2.24. The second-order valence-corrected chi connectivity index (χ2v) is 8.51. The largest absolute Gasteiger partial charge is 0.493 e. The van der Waals surface area contributed by atoms with E-state index in [0.717, 1.165) is 37.4 Å². The minimum Gasteiger partial charge on any atom is -0.493 e. The summed E-state index contributed by atoms with van der Waals surface area (Å²) >= 11 is 0. The van der Waals surface area contributed by atoms with E-state index in [4.69, 9.17) is 15.1 Å². The van der Waals surface area contributed by atoms with Crippen LogP contribution in [0.25, 0.3) is 0 Å². The molecule has 0 aliphatic carbocycles. The Kier molecular flexibility index (Phi) is 6.98. The van der Waals surface area contributed by atoms with Crippen LogP contribution in [0.4, 0.5) is 10.5 Å². The van der Waals surface area contributed by atoms with Crippen LogP contribution in [0.5, 0.6) is 5.75 Å². The number of benzene rings is 2. The molecule has 0 bridgehead atoms. The minimum atomic E-state index is -0.859. The number of carbonyl (C=O) groups excluding carboxylic acids is 1. The maximum absolute atomic E-state index is 12.7. The first-order valence-corrected chi connectivity index (χ1v) is 11.3. The number of amides is 2. The molecular weight excluding hydrogens is 420 g/mol. The smallest absolute Gasteiger partial charge is 0.407 e. The zero-order chi connectivity index (χ0) is 23.2. The lowest BCUT2D eigenvalue weighted by atomic mass is 9.99. The van der Waals surface area contributed by atoms with Crippen molar-refractivity contribution in [3.63, 3.8) is 0 Å². The molecule has 8 heteroatoms. The maximum atomic E-state index is 12.7. The van der Waals surface area contributed by atoms with Gasteiger partial charge >= 0.3 is 6.09 Å². The Morgan fingerprint density at radius 2 is 1.67 bits per heavy atom. The first-order valence-electron chi connectivity index (χ1n) is 11.3. The third-order valence-corrected chi connectivity index (χ3v) is 6.30. The molecule has 2 aromatic rings. The number of hydrogen-bond acceptors (Lipinski definition) is 5. The number of ether oxygens (including phenoxy) is 1. The van der Waals surface area contributed by atoms with Crippen LogP contribution in [0, 0.1) is 17.2 Å². The summed E-state index contributed by atoms with van der Waals surface area (Å²) in [6.45, 7) is 4.41. The van der Waals surface area contributed by atoms with E-state index in [1.165, 1.54) is 4.90 Å². The van der Waals surface area contributed by atoms with Gasteiger partial charge in [0.25, 0.3) is 5.91 Å². The van der Waals surface area contributed by atoms with Crippen LogP contribution in [0.3, 0.4) is 0 Å². The Balaban J connectivity index is 1.25. The van der Waals surface area contributed by atoms with Crippen LogP contribution in [0.15, 0.2) is 48.5 Å². The average Bonchev–Trinajstić information content (AvgIpc) is 2.87. The Labute approximate surface area is 193 Å². The summed E-state index contributed by atoms with van der Waals surface area (Å²) in [5, 5.41) is 18.1. The molecule has 1 atom stereocenters. The third kappa shape index (κ3) is 5.55. The van der Waals surface area contributed by atoms with Gasteiger partial charge < -0.3 is 24.5 Å². The first-order chi connectivity index (χ1) is 16.0. The molecule has 1 N–H and O–H groups in total. The van der Waals surface area contributed by atoms with Crippen molar-refractivity contribution in [2.24, 2.45) is 5.92 Å². The van der Waals surface area contributed by atoms with E-state index in [1.54, 1.807) is 24.3 Å². The lowest BCUT2D eigenvalue weighted by molar-refractivity contribution is 0.0746. The molecule has 0 radical (unpaired) electrons. The Morgan fingerprint density at radius 1 is 0.970 bits per heavy atom. The molecular formula is C25H28N4O4. The van der Waals surface area contributed by atoms with Gasteiger partial charge in [-0.1, -0.05) is 0 Å². The van der Waals surface area contributed by atoms with E-state index in [9.17, 15) is 9.59 Å². The molecule has 0 saturated carbocycles. The molecule has 2 heterocycles. The van der Waals surface area contributed by atoms with Crippen molar-refractivity contribution in [1.82, 2.24) is 9.80 Å². The van der Waals surface area contributed by atoms with Gasteiger partial charge in [-0.05, 0) is 61.4 Å². The number of anilines is 1. The summed E-state index contributed by atoms with van der Waals surface area (Å²) in [4.78, 5) is 29.4. The van der Waals surface area contributed by atoms with E-state index in [-0.39, 0.29) is 11.8 Å². The zero-order valence-corrected chi connectivity index (χ0v) is 18.5. The van der Waals surface area contributed by atoms with E-state index in [2.05, 4.69) is 11.0 Å². The molecule has 8 nitrogen and oxygen atoms in total. The first kappa shape index (κ1) is 22.5. The summed E-state index contributed by atoms with van der Waals surface area (Å²) in [6, 6.07) is 16.8. The minimum absolute atomic E-state index is 0.00735. The van der Waals surface area contributed by atoms with Gasteiger partial charge in [0.05, 0.1) is 18.2 Å². The molecule has 2 aromatic carbocycles. The summed E-state index contributed by atoms with van der Waals surface area (Å²) in [5.74, 6) is 0.990. The fourth-order valence-electron chi connectivity index (χ4n) is 4.38. The molecule has 2 amide bonds. The van der Waals surface area contributed by atoms with Crippen LogP contribution in [0.2, 0.25) is 0 Å². The number of likely N-dealkylation sites (tertiary alicyclic amines) is 1. The molecule has 2 saturated heterocycles. The van der Waals surface area contributed by atoms with Gasteiger partial charge in [0, 0.05) is 56.4 Å². The molecule has 33 heavy (non-hydrogen) atoms. The van der Waals surface area contributed by atoms with E-state index in [0.29, 0.717) is 43.9 Å². The highest BCUT2D eigenvalue weighted by atomic mass is 16.5. The topological polar surface area (TPSA) is 97.1 Å². The predicted octanol–water partition coefficient (Wildman–Crippen LogP) is 3.29. The van der Waals surface area contributed by atoms with Gasteiger partial charge in [-0.3, -0.25) is 4.79 Å². The Hall–Kier alpha value is -3.73. The van der Waals surface area contributed by atoms with Gasteiger partial charge in [0.2, 0.25) is 0 Å². The van der Waals surface area contributed by atoms with E-state index in [1.807, 2.05) is 29.2 Å². The number of piperazine rings is 1. The van der Waals surface area contributed by atoms with E-state index >= 15 is 0 Å². The SMILES string of the molecule is N#Cc1ccc(C(=O)N2CCN(c3ccc(OC[C@H]4CCCN(C(=O)O)C4)cc3)CC2)cc1. The number of carboxylic acid groups (broad SMARTS) is 1. The molecule has 2 aliphatic heterocycles. The Bertz CT molecular complexity index is 1010. The third-order valence-electron chi connectivity index (χ3n) is 6.30. The van der Waals surface area contributed by atoms with Gasteiger partial charge in [-0.25, -0.2) is 4.79 Å². The number of nitriles is 1. The van der Waals surface area contributed by atoms with Crippen molar-refractivity contribution in [2.45, 2.75) is 12.8 Å². The second-order valence-electron chi connectivity index (χ2n) is 8.51. The summed E-state index contributed by atoms with van der Waals surface area (Å²) in [7, 11) is 0. The number of piperidine rings is 1. The van der Waals surface area contributed by atoms with Crippen molar-refractivity contribution in [1.29, 1.82) is 5.26 Å². The average molecular weight is 449 g/mol. The zero-order valence-electron chi connectivity index (χ0n) is 18.5. The molecule has 0 unspecified atom stereocenters. The van der Waals surface area contributed by atoms with Crippen LogP contribution in [-0.4, -0.2) is 72.8 Å². The molecule has 2 aliphatic rings. The van der Waals surface area contributed by atoms with Crippen LogP contribution in [-0.2, 0) is 0 Å². The lowest BCUT2D eigenvalue weighted by Crippen LogP contribution is -2.48. The highest BCUT2D eigenvalue weighted by molar-refractivity contribution is 5.94. The van der Waals surface area contributed by atoms with E-state index < -0.39 is 6.09 Å². The second kappa shape index (κ2) is 10.3. The molecule has 0 aromatic heterocycles. The van der Waals surface area contributed by atoms with Gasteiger partial charge in [0.1, 0.15) is 5.75 Å². The number of hydrogen-bond donors (Lipinski definition) is 1. The van der Waals surface area contributed by atoms with Crippen molar-refractivity contribution < 1.29 is 19.4 Å². The molecule has 2 fully saturated rings. The predicted molar refractivity (Wildman–Crippen MR) is 124 cm³/mol. The van der Waals surface area contributed by atoms with Crippen molar-refractivity contribution in [3.8, 4) is 11.8 Å². The van der Waals surface area contributed by atoms with Crippen molar-refractivity contribution >= 4 is 17.7 Å². The monoisotopic (exact) mass is 448 g/mol. The molecule has 172 valence electrons. The fraction of sp³-hybridized carbons (Fsp3) is 0.400. The standard InChI is InChI=1S/C25H28N4O4/c26-16-19-3-5-21(6-4-19)24(30)28-14-12-27(13-15-28)22-7-9-23(10-8-22)33-18-20-2-1-11-29(17-20)25(31)32/h3-10,20H,1-2,11-15,17-18H2,(H,31,32)/t20-/m0/s1. The highest BCUT2D eigenvalue weighted by Crippen LogP contribution is 2.23. The Morgan fingerprint density at radius 3 is 2.30 bits per heavy atom. The lowest BCUT2D eigenvalue weighted by Gasteiger charge is -2.36. The van der Waals surface area contributed by atoms with Crippen LogP contribution < -0.4 is 9.64 Å². The molecule has 0 spiro atoms. The van der Waals surface area contributed by atoms with Crippen molar-refractivity contribution in [3.05, 3.63) is 59.7 Å². The van der Waals surface area contributed by atoms with Gasteiger partial charge in [0.15, 0.2) is 0 Å². The maximum Gasteiger partial charge on any atom is 0.407 e. The number of nitrogens with zero attached hydrogens (tertiary/aromatic N) is 4. The summed E-state index contributed by atoms with van der Waals surface area (Å²) < 4.78 is 5.92. The fourth-order valence-corrected chi connectivity index (χ4v) is 4.38. The normalized spacial score (nSPS) is 18.5. The van der Waals surface area contributed by atoms with Gasteiger partial charge in [-0.2, -0.15) is 5.26 Å².